The van der Waals surface area contributed by atoms with E-state index < -0.39 is 12.1 Å². The molecule has 8 heteroatoms. The van der Waals surface area contributed by atoms with Gasteiger partial charge in [0.25, 0.3) is 5.69 Å². The Labute approximate surface area is 246 Å². The monoisotopic (exact) mass is 568 g/mol. The fourth-order valence-electron chi connectivity index (χ4n) is 4.50. The minimum Gasteiger partial charge on any atom is -0.479 e. The first-order valence-electron chi connectivity index (χ1n) is 14.1. The average molecular weight is 569 g/mol. The van der Waals surface area contributed by atoms with Crippen molar-refractivity contribution in [2.75, 3.05) is 11.5 Å². The zero-order chi connectivity index (χ0) is 29.9. The molecule has 42 heavy (non-hydrogen) atoms. The van der Waals surface area contributed by atoms with E-state index in [4.69, 9.17) is 14.2 Å². The number of rotatable bonds is 14. The van der Waals surface area contributed by atoms with Gasteiger partial charge in [0.05, 0.1) is 17.1 Å². The number of anilines is 1. The molecule has 0 aliphatic heterocycles. The first kappa shape index (κ1) is 30.1. The molecule has 0 N–H and O–H groups in total. The molecule has 1 unspecified atom stereocenters. The molecule has 0 saturated heterocycles. The van der Waals surface area contributed by atoms with Gasteiger partial charge in [0, 0.05) is 30.9 Å². The van der Waals surface area contributed by atoms with Crippen LogP contribution in [0.15, 0.2) is 97.1 Å². The maximum absolute atomic E-state index is 12.2. The van der Waals surface area contributed by atoms with Crippen molar-refractivity contribution in [3.05, 3.63) is 124 Å². The van der Waals surface area contributed by atoms with Crippen molar-refractivity contribution in [3.8, 4) is 17.2 Å². The third kappa shape index (κ3) is 8.33. The molecule has 8 nitrogen and oxygen atoms in total. The normalized spacial score (nSPS) is 11.4. The van der Waals surface area contributed by atoms with Crippen LogP contribution < -0.4 is 14.4 Å². The van der Waals surface area contributed by atoms with E-state index in [9.17, 15) is 14.9 Å². The lowest BCUT2D eigenvalue weighted by molar-refractivity contribution is -0.385. The molecule has 0 fully saturated rings. The van der Waals surface area contributed by atoms with E-state index in [0.29, 0.717) is 42.5 Å². The fourth-order valence-corrected chi connectivity index (χ4v) is 4.50. The molecule has 0 amide bonds. The summed E-state index contributed by atoms with van der Waals surface area (Å²) in [5.41, 5.74) is 3.67. The van der Waals surface area contributed by atoms with Crippen LogP contribution in [0.1, 0.15) is 43.4 Å². The average Bonchev–Trinajstić information content (AvgIpc) is 2.98. The molecule has 0 aliphatic rings. The van der Waals surface area contributed by atoms with Crippen LogP contribution in [0, 0.1) is 17.0 Å². The van der Waals surface area contributed by atoms with Crippen molar-refractivity contribution in [1.82, 2.24) is 0 Å². The smallest absolute Gasteiger partial charge is 0.347 e. The van der Waals surface area contributed by atoms with Gasteiger partial charge in [-0.15, -0.1) is 0 Å². The molecule has 1 atom stereocenters. The largest absolute Gasteiger partial charge is 0.479 e. The van der Waals surface area contributed by atoms with Crippen molar-refractivity contribution >= 4 is 17.3 Å². The van der Waals surface area contributed by atoms with Crippen molar-refractivity contribution in [3.63, 3.8) is 0 Å². The first-order chi connectivity index (χ1) is 20.3. The molecule has 0 heterocycles. The highest BCUT2D eigenvalue weighted by molar-refractivity contribution is 5.74. The van der Waals surface area contributed by atoms with Crippen LogP contribution in [0.2, 0.25) is 0 Å². The van der Waals surface area contributed by atoms with Gasteiger partial charge in [-0.2, -0.15) is 0 Å². The minimum atomic E-state index is -0.732. The van der Waals surface area contributed by atoms with E-state index in [2.05, 4.69) is 4.90 Å². The Balaban J connectivity index is 1.45. The predicted molar refractivity (Wildman–Crippen MR) is 163 cm³/mol. The van der Waals surface area contributed by atoms with Crippen LogP contribution in [-0.4, -0.2) is 23.6 Å². The van der Waals surface area contributed by atoms with E-state index in [1.807, 2.05) is 73.7 Å². The molecule has 0 radical (unpaired) electrons. The number of esters is 1. The van der Waals surface area contributed by atoms with Crippen LogP contribution in [0.5, 0.6) is 17.2 Å². The molecule has 0 saturated carbocycles. The Morgan fingerprint density at radius 2 is 1.52 bits per heavy atom. The fraction of sp³-hybridized carbons (Fsp3) is 0.265. The van der Waals surface area contributed by atoms with Gasteiger partial charge < -0.3 is 19.1 Å². The topological polar surface area (TPSA) is 91.1 Å². The number of hydrogen-bond acceptors (Lipinski definition) is 7. The Kier molecular flexibility index (Phi) is 10.5. The van der Waals surface area contributed by atoms with Gasteiger partial charge in [0.1, 0.15) is 17.2 Å². The highest BCUT2D eigenvalue weighted by Gasteiger charge is 2.19. The SMILES string of the molecule is CCCCOC(=O)C(C)Oc1cccc(Oc2ccc(CN(Cc3ccccc3)c3cccc([N+](=O)[O-])c3C)cc2)c1. The lowest BCUT2D eigenvalue weighted by Crippen LogP contribution is -2.26. The first-order valence-corrected chi connectivity index (χ1v) is 14.1. The van der Waals surface area contributed by atoms with E-state index >= 15 is 0 Å². The van der Waals surface area contributed by atoms with Crippen LogP contribution in [0.25, 0.3) is 0 Å². The van der Waals surface area contributed by atoms with Gasteiger partial charge in [-0.3, -0.25) is 10.1 Å². The van der Waals surface area contributed by atoms with Gasteiger partial charge >= 0.3 is 5.97 Å². The summed E-state index contributed by atoms with van der Waals surface area (Å²) >= 11 is 0. The summed E-state index contributed by atoms with van der Waals surface area (Å²) in [4.78, 5) is 25.5. The number of carbonyl (C=O) groups excluding carboxylic acids is 1. The summed E-state index contributed by atoms with van der Waals surface area (Å²) in [6.45, 7) is 7.02. The lowest BCUT2D eigenvalue weighted by atomic mass is 10.1. The van der Waals surface area contributed by atoms with E-state index in [1.54, 1.807) is 38.1 Å². The van der Waals surface area contributed by atoms with Gasteiger partial charge in [0.2, 0.25) is 0 Å². The van der Waals surface area contributed by atoms with Gasteiger partial charge in [-0.1, -0.05) is 67.9 Å². The zero-order valence-electron chi connectivity index (χ0n) is 24.2. The lowest BCUT2D eigenvalue weighted by Gasteiger charge is -2.27. The number of benzene rings is 4. The third-order valence-electron chi connectivity index (χ3n) is 6.76. The third-order valence-corrected chi connectivity index (χ3v) is 6.76. The molecule has 4 aromatic carbocycles. The maximum atomic E-state index is 12.2. The van der Waals surface area contributed by atoms with Crippen molar-refractivity contribution < 1.29 is 23.9 Å². The Bertz CT molecular complexity index is 1470. The number of nitro benzene ring substituents is 1. The number of nitrogens with zero attached hydrogens (tertiary/aromatic N) is 2. The number of hydrogen-bond donors (Lipinski definition) is 0. The van der Waals surface area contributed by atoms with Crippen molar-refractivity contribution in [2.24, 2.45) is 0 Å². The van der Waals surface area contributed by atoms with Gasteiger partial charge in [-0.25, -0.2) is 4.79 Å². The standard InChI is InChI=1S/C34H36N2O6/c1-4-5-21-40-34(37)26(3)41-30-13-9-14-31(22-30)42-29-19-17-28(18-20-29)24-35(23-27-11-7-6-8-12-27)32-15-10-16-33(25(32)2)36(38)39/h6-20,22,26H,4-5,21,23-24H2,1-3H3. The molecule has 218 valence electrons. The molecule has 0 aromatic heterocycles. The summed E-state index contributed by atoms with van der Waals surface area (Å²) in [7, 11) is 0. The van der Waals surface area contributed by atoms with Crippen LogP contribution in [-0.2, 0) is 22.6 Å². The van der Waals surface area contributed by atoms with Gasteiger partial charge in [0.15, 0.2) is 6.10 Å². The van der Waals surface area contributed by atoms with Crippen LogP contribution >= 0.6 is 0 Å². The predicted octanol–water partition coefficient (Wildman–Crippen LogP) is 8.01. The Hall–Kier alpha value is -4.85. The summed E-state index contributed by atoms with van der Waals surface area (Å²) < 4.78 is 17.1. The maximum Gasteiger partial charge on any atom is 0.347 e. The molecule has 0 bridgehead atoms. The highest BCUT2D eigenvalue weighted by Crippen LogP contribution is 2.31. The summed E-state index contributed by atoms with van der Waals surface area (Å²) in [5.74, 6) is 1.33. The number of ether oxygens (including phenoxy) is 3. The number of nitro groups is 1. The Morgan fingerprint density at radius 1 is 0.857 bits per heavy atom. The van der Waals surface area contributed by atoms with Crippen LogP contribution in [0.3, 0.4) is 0 Å². The second-order valence-electron chi connectivity index (χ2n) is 10.0. The zero-order valence-corrected chi connectivity index (χ0v) is 24.2. The van der Waals surface area contributed by atoms with Crippen molar-refractivity contribution in [2.45, 2.75) is 52.8 Å². The second-order valence-corrected chi connectivity index (χ2v) is 10.0. The van der Waals surface area contributed by atoms with E-state index in [0.717, 1.165) is 29.7 Å². The van der Waals surface area contributed by atoms with E-state index in [1.165, 1.54) is 6.07 Å². The quantitative estimate of drug-likeness (QED) is 0.0658. The summed E-state index contributed by atoms with van der Waals surface area (Å²) in [6.07, 6.45) is 1.04. The summed E-state index contributed by atoms with van der Waals surface area (Å²) in [6, 6.07) is 30.1. The summed E-state index contributed by atoms with van der Waals surface area (Å²) in [5, 5.41) is 11.6. The number of unbranched alkanes of at least 4 members (excludes halogenated alkanes) is 1. The van der Waals surface area contributed by atoms with Crippen LogP contribution in [0.4, 0.5) is 11.4 Å². The molecule has 4 rings (SSSR count). The highest BCUT2D eigenvalue weighted by atomic mass is 16.6. The molecule has 4 aromatic rings. The minimum absolute atomic E-state index is 0.100. The van der Waals surface area contributed by atoms with Gasteiger partial charge in [-0.05, 0) is 61.7 Å². The second kappa shape index (κ2) is 14.7. The molecular formula is C34H36N2O6. The van der Waals surface area contributed by atoms with E-state index in [-0.39, 0.29) is 10.6 Å². The molecular weight excluding hydrogens is 532 g/mol. The molecule has 0 spiro atoms. The Morgan fingerprint density at radius 3 is 2.21 bits per heavy atom. The van der Waals surface area contributed by atoms with Crippen molar-refractivity contribution in [1.29, 1.82) is 0 Å². The molecule has 0 aliphatic carbocycles. The number of carbonyl (C=O) groups is 1.